The fourth-order valence-corrected chi connectivity index (χ4v) is 3.02. The molecular weight excluding hydrogens is 318 g/mol. The first-order chi connectivity index (χ1) is 9.78. The van der Waals surface area contributed by atoms with Crippen LogP contribution in [0.4, 0.5) is 0 Å². The molecule has 0 amide bonds. The van der Waals surface area contributed by atoms with Crippen molar-refractivity contribution in [1.82, 2.24) is 15.3 Å². The van der Waals surface area contributed by atoms with E-state index in [9.17, 15) is 0 Å². The van der Waals surface area contributed by atoms with Crippen LogP contribution in [-0.2, 0) is 0 Å². The first-order valence-corrected chi connectivity index (χ1v) is 7.74. The lowest BCUT2D eigenvalue weighted by Gasteiger charge is -2.30. The molecule has 0 saturated heterocycles. The molecule has 2 N–H and O–H groups in total. The molecule has 4 nitrogen and oxygen atoms in total. The van der Waals surface area contributed by atoms with Gasteiger partial charge < -0.3 is 15.0 Å². The van der Waals surface area contributed by atoms with E-state index >= 15 is 0 Å². The summed E-state index contributed by atoms with van der Waals surface area (Å²) in [6, 6.07) is 6.72. The van der Waals surface area contributed by atoms with Gasteiger partial charge in [-0.3, -0.25) is 0 Å². The number of nitrogens with zero attached hydrogens (tertiary/aromatic N) is 1. The predicted octanol–water partition coefficient (Wildman–Crippen LogP) is 3.74. The molecule has 2 aromatic rings. The minimum atomic E-state index is 0.236. The predicted molar refractivity (Wildman–Crippen MR) is 81.8 cm³/mol. The van der Waals surface area contributed by atoms with Crippen molar-refractivity contribution >= 4 is 15.9 Å². The summed E-state index contributed by atoms with van der Waals surface area (Å²) in [5.41, 5.74) is 1.22. The van der Waals surface area contributed by atoms with Gasteiger partial charge in [0.2, 0.25) is 0 Å². The van der Waals surface area contributed by atoms with Crippen LogP contribution in [0.3, 0.4) is 0 Å². The Morgan fingerprint density at radius 1 is 1.55 bits per heavy atom. The fourth-order valence-electron chi connectivity index (χ4n) is 2.64. The number of hydrogen-bond acceptors (Lipinski definition) is 3. The number of aromatic nitrogens is 2. The zero-order valence-electron chi connectivity index (χ0n) is 11.4. The summed E-state index contributed by atoms with van der Waals surface area (Å²) in [5, 5.41) is 3.70. The van der Waals surface area contributed by atoms with E-state index < -0.39 is 0 Å². The van der Waals surface area contributed by atoms with Crippen LogP contribution in [0.1, 0.15) is 43.2 Å². The van der Waals surface area contributed by atoms with Gasteiger partial charge in [0.1, 0.15) is 11.6 Å². The molecule has 3 rings (SSSR count). The van der Waals surface area contributed by atoms with Gasteiger partial charge in [0, 0.05) is 34.9 Å². The van der Waals surface area contributed by atoms with E-state index in [2.05, 4.69) is 44.2 Å². The van der Waals surface area contributed by atoms with Crippen molar-refractivity contribution in [2.24, 2.45) is 0 Å². The molecule has 5 heteroatoms. The highest BCUT2D eigenvalue weighted by Gasteiger charge is 2.25. The maximum Gasteiger partial charge on any atom is 0.124 e. The highest BCUT2D eigenvalue weighted by Crippen LogP contribution is 2.35. The Hall–Kier alpha value is -1.33. The molecule has 0 fully saturated rings. The third kappa shape index (κ3) is 2.74. The maximum absolute atomic E-state index is 5.73. The molecule has 20 heavy (non-hydrogen) atoms. The monoisotopic (exact) mass is 335 g/mol. The van der Waals surface area contributed by atoms with Gasteiger partial charge in [-0.05, 0) is 24.6 Å². The van der Waals surface area contributed by atoms with Crippen molar-refractivity contribution in [2.45, 2.75) is 31.8 Å². The minimum Gasteiger partial charge on any atom is -0.493 e. The molecule has 2 atom stereocenters. The second-order valence-electron chi connectivity index (χ2n) is 4.97. The van der Waals surface area contributed by atoms with E-state index in [0.29, 0.717) is 6.04 Å². The SMILES string of the molecule is CCC(NC1CCOc2ccc(Br)cc21)c1ncc[nH]1. The number of H-pyrrole nitrogens is 1. The van der Waals surface area contributed by atoms with Crippen LogP contribution >= 0.6 is 15.9 Å². The van der Waals surface area contributed by atoms with Gasteiger partial charge in [0.05, 0.1) is 12.6 Å². The molecule has 106 valence electrons. The van der Waals surface area contributed by atoms with Gasteiger partial charge in [0.15, 0.2) is 0 Å². The number of rotatable bonds is 4. The number of hydrogen-bond donors (Lipinski definition) is 2. The molecule has 2 heterocycles. The molecule has 0 saturated carbocycles. The van der Waals surface area contributed by atoms with Crippen molar-refractivity contribution in [3.05, 3.63) is 46.5 Å². The average molecular weight is 336 g/mol. The van der Waals surface area contributed by atoms with Crippen molar-refractivity contribution in [3.63, 3.8) is 0 Å². The van der Waals surface area contributed by atoms with Crippen LogP contribution in [-0.4, -0.2) is 16.6 Å². The van der Waals surface area contributed by atoms with E-state index in [0.717, 1.165) is 35.5 Å². The first kappa shape index (κ1) is 13.6. The summed E-state index contributed by atoms with van der Waals surface area (Å²) in [6.07, 6.45) is 5.64. The zero-order chi connectivity index (χ0) is 13.9. The van der Waals surface area contributed by atoms with E-state index in [4.69, 9.17) is 4.74 Å². The molecule has 0 radical (unpaired) electrons. The third-order valence-electron chi connectivity index (χ3n) is 3.67. The van der Waals surface area contributed by atoms with Gasteiger partial charge in [-0.25, -0.2) is 4.98 Å². The Morgan fingerprint density at radius 3 is 3.20 bits per heavy atom. The molecule has 1 aromatic heterocycles. The second-order valence-corrected chi connectivity index (χ2v) is 5.89. The summed E-state index contributed by atoms with van der Waals surface area (Å²) in [7, 11) is 0. The molecule has 1 aromatic carbocycles. The molecule has 1 aliphatic heterocycles. The number of benzene rings is 1. The van der Waals surface area contributed by atoms with E-state index in [1.807, 2.05) is 18.3 Å². The summed E-state index contributed by atoms with van der Waals surface area (Å²) in [5.74, 6) is 1.97. The topological polar surface area (TPSA) is 49.9 Å². The summed E-state index contributed by atoms with van der Waals surface area (Å²) < 4.78 is 6.81. The first-order valence-electron chi connectivity index (χ1n) is 6.95. The molecule has 0 aliphatic carbocycles. The van der Waals surface area contributed by atoms with Crippen LogP contribution < -0.4 is 10.1 Å². The second kappa shape index (κ2) is 5.97. The van der Waals surface area contributed by atoms with Crippen LogP contribution in [0.15, 0.2) is 35.1 Å². The van der Waals surface area contributed by atoms with Crippen LogP contribution in [0, 0.1) is 0 Å². The van der Waals surface area contributed by atoms with Gasteiger partial charge in [0.25, 0.3) is 0 Å². The Bertz CT molecular complexity index is 571. The number of imidazole rings is 1. The summed E-state index contributed by atoms with van der Waals surface area (Å²) >= 11 is 3.54. The van der Waals surface area contributed by atoms with E-state index in [1.165, 1.54) is 5.56 Å². The maximum atomic E-state index is 5.73. The van der Waals surface area contributed by atoms with Gasteiger partial charge in [-0.2, -0.15) is 0 Å². The normalized spacial score (nSPS) is 19.2. The van der Waals surface area contributed by atoms with Crippen LogP contribution in [0.2, 0.25) is 0 Å². The van der Waals surface area contributed by atoms with Gasteiger partial charge >= 0.3 is 0 Å². The van der Waals surface area contributed by atoms with Crippen molar-refractivity contribution < 1.29 is 4.74 Å². The molecule has 0 spiro atoms. The summed E-state index contributed by atoms with van der Waals surface area (Å²) in [6.45, 7) is 2.92. The zero-order valence-corrected chi connectivity index (χ0v) is 13.0. The highest BCUT2D eigenvalue weighted by molar-refractivity contribution is 9.10. The lowest BCUT2D eigenvalue weighted by Crippen LogP contribution is -2.30. The largest absolute Gasteiger partial charge is 0.493 e. The molecule has 0 bridgehead atoms. The quantitative estimate of drug-likeness (QED) is 0.894. The minimum absolute atomic E-state index is 0.236. The van der Waals surface area contributed by atoms with Crippen molar-refractivity contribution in [1.29, 1.82) is 0 Å². The number of halogens is 1. The van der Waals surface area contributed by atoms with Crippen LogP contribution in [0.5, 0.6) is 5.75 Å². The molecule has 2 unspecified atom stereocenters. The smallest absolute Gasteiger partial charge is 0.124 e. The average Bonchev–Trinajstić information content (AvgIpc) is 2.99. The van der Waals surface area contributed by atoms with Crippen LogP contribution in [0.25, 0.3) is 0 Å². The number of aromatic amines is 1. The Kier molecular flexibility index (Phi) is 4.08. The third-order valence-corrected chi connectivity index (χ3v) is 4.16. The molecule has 1 aliphatic rings. The number of fused-ring (bicyclic) bond motifs is 1. The summed E-state index contributed by atoms with van der Waals surface area (Å²) in [4.78, 5) is 7.57. The van der Waals surface area contributed by atoms with Crippen molar-refractivity contribution in [2.75, 3.05) is 6.61 Å². The van der Waals surface area contributed by atoms with Gasteiger partial charge in [-0.15, -0.1) is 0 Å². The Balaban J connectivity index is 1.83. The molecular formula is C15H18BrN3O. The lowest BCUT2D eigenvalue weighted by molar-refractivity contribution is 0.241. The fraction of sp³-hybridized carbons (Fsp3) is 0.400. The van der Waals surface area contributed by atoms with Crippen molar-refractivity contribution in [3.8, 4) is 5.75 Å². The number of ether oxygens (including phenoxy) is 1. The Labute approximate surface area is 127 Å². The lowest BCUT2D eigenvalue weighted by atomic mass is 9.99. The highest BCUT2D eigenvalue weighted by atomic mass is 79.9. The van der Waals surface area contributed by atoms with Gasteiger partial charge in [-0.1, -0.05) is 22.9 Å². The van der Waals surface area contributed by atoms with E-state index in [-0.39, 0.29) is 6.04 Å². The number of nitrogens with one attached hydrogen (secondary N) is 2. The Morgan fingerprint density at radius 2 is 2.45 bits per heavy atom. The van der Waals surface area contributed by atoms with E-state index in [1.54, 1.807) is 6.20 Å². The standard InChI is InChI=1S/C15H18BrN3O/c1-2-12(15-17-6-7-18-15)19-13-5-8-20-14-4-3-10(16)9-11(13)14/h3-4,6-7,9,12-13,19H,2,5,8H2,1H3,(H,17,18).